The van der Waals surface area contributed by atoms with Crippen molar-refractivity contribution in [2.75, 3.05) is 5.73 Å². The zero-order chi connectivity index (χ0) is 11.1. The van der Waals surface area contributed by atoms with E-state index in [1.165, 1.54) is 0 Å². The number of fused-ring (bicyclic) bond motifs is 1. The number of para-hydroxylation sites is 1. The molecule has 16 heavy (non-hydrogen) atoms. The first kappa shape index (κ1) is 9.35. The largest absolute Gasteiger partial charge is 0.435 e. The Labute approximate surface area is 95.7 Å². The van der Waals surface area contributed by atoms with Crippen LogP contribution in [0.4, 0.5) is 5.69 Å². The number of aromatic nitrogens is 2. The average molecular weight is 231 g/mol. The van der Waals surface area contributed by atoms with Gasteiger partial charge in [0.2, 0.25) is 5.89 Å². The summed E-state index contributed by atoms with van der Waals surface area (Å²) in [4.78, 5) is 9.47. The number of nitrogens with two attached hydrogens (primary N) is 1. The van der Waals surface area contributed by atoms with Crippen molar-refractivity contribution in [2.45, 2.75) is 6.92 Å². The number of benzene rings is 1. The molecule has 0 aliphatic rings. The predicted molar refractivity (Wildman–Crippen MR) is 64.3 cm³/mol. The van der Waals surface area contributed by atoms with Crippen molar-refractivity contribution in [2.24, 2.45) is 0 Å². The van der Waals surface area contributed by atoms with Gasteiger partial charge >= 0.3 is 0 Å². The molecule has 0 fully saturated rings. The molecule has 0 aliphatic carbocycles. The molecule has 2 aromatic heterocycles. The SMILES string of the molecule is Cc1ncc(-c2nc3c(N)cccc3o2)s1. The average Bonchev–Trinajstić information content (AvgIpc) is 2.84. The minimum atomic E-state index is 0.582. The van der Waals surface area contributed by atoms with E-state index in [9.17, 15) is 0 Å². The van der Waals surface area contributed by atoms with Crippen molar-refractivity contribution in [3.63, 3.8) is 0 Å². The second-order valence-corrected chi connectivity index (χ2v) is 4.69. The molecule has 0 radical (unpaired) electrons. The van der Waals surface area contributed by atoms with E-state index in [4.69, 9.17) is 10.2 Å². The van der Waals surface area contributed by atoms with Crippen LogP contribution in [0.25, 0.3) is 21.9 Å². The van der Waals surface area contributed by atoms with E-state index in [0.29, 0.717) is 22.7 Å². The molecule has 4 nitrogen and oxygen atoms in total. The van der Waals surface area contributed by atoms with Gasteiger partial charge in [0.15, 0.2) is 5.58 Å². The molecule has 0 spiro atoms. The van der Waals surface area contributed by atoms with Crippen LogP contribution in [0.5, 0.6) is 0 Å². The molecule has 0 bridgehead atoms. The maximum Gasteiger partial charge on any atom is 0.239 e. The zero-order valence-electron chi connectivity index (χ0n) is 8.60. The number of oxazole rings is 1. The molecule has 80 valence electrons. The fourth-order valence-electron chi connectivity index (χ4n) is 1.54. The number of anilines is 1. The molecule has 0 saturated carbocycles. The summed E-state index contributed by atoms with van der Waals surface area (Å²) >= 11 is 1.55. The predicted octanol–water partition coefficient (Wildman–Crippen LogP) is 2.84. The molecule has 3 aromatic rings. The topological polar surface area (TPSA) is 64.9 Å². The highest BCUT2D eigenvalue weighted by molar-refractivity contribution is 7.14. The van der Waals surface area contributed by atoms with Gasteiger partial charge in [0.1, 0.15) is 10.4 Å². The third-order valence-electron chi connectivity index (χ3n) is 2.28. The second kappa shape index (κ2) is 3.31. The maximum atomic E-state index is 5.82. The lowest BCUT2D eigenvalue weighted by atomic mass is 10.3. The lowest BCUT2D eigenvalue weighted by Crippen LogP contribution is -1.84. The van der Waals surface area contributed by atoms with Crippen molar-refractivity contribution >= 4 is 28.1 Å². The summed E-state index contributed by atoms with van der Waals surface area (Å²) in [7, 11) is 0. The number of rotatable bonds is 1. The molecule has 1 aromatic carbocycles. The Kier molecular flexibility index (Phi) is 1.94. The Morgan fingerprint density at radius 3 is 2.94 bits per heavy atom. The van der Waals surface area contributed by atoms with Gasteiger partial charge in [-0.3, -0.25) is 0 Å². The van der Waals surface area contributed by atoms with Crippen LogP contribution in [0.3, 0.4) is 0 Å². The lowest BCUT2D eigenvalue weighted by Gasteiger charge is -1.89. The van der Waals surface area contributed by atoms with E-state index in [1.54, 1.807) is 17.5 Å². The molecule has 2 heterocycles. The van der Waals surface area contributed by atoms with E-state index < -0.39 is 0 Å². The monoisotopic (exact) mass is 231 g/mol. The third kappa shape index (κ3) is 1.37. The van der Waals surface area contributed by atoms with Crippen LogP contribution in [-0.4, -0.2) is 9.97 Å². The van der Waals surface area contributed by atoms with Gasteiger partial charge in [0.05, 0.1) is 16.9 Å². The van der Waals surface area contributed by atoms with Crippen molar-refractivity contribution in [3.8, 4) is 10.8 Å². The Balaban J connectivity index is 2.22. The fourth-order valence-corrected chi connectivity index (χ4v) is 2.24. The Morgan fingerprint density at radius 1 is 1.38 bits per heavy atom. The summed E-state index contributed by atoms with van der Waals surface area (Å²) in [5, 5.41) is 0.991. The van der Waals surface area contributed by atoms with E-state index >= 15 is 0 Å². The number of thiazole rings is 1. The third-order valence-corrected chi connectivity index (χ3v) is 3.18. The van der Waals surface area contributed by atoms with Gasteiger partial charge in [-0.25, -0.2) is 9.97 Å². The van der Waals surface area contributed by atoms with Crippen LogP contribution in [0.1, 0.15) is 5.01 Å². The number of nitrogens with zero attached hydrogens (tertiary/aromatic N) is 2. The number of hydrogen-bond donors (Lipinski definition) is 1. The van der Waals surface area contributed by atoms with Gasteiger partial charge < -0.3 is 10.2 Å². The summed E-state index contributed by atoms with van der Waals surface area (Å²) in [6, 6.07) is 5.52. The highest BCUT2D eigenvalue weighted by atomic mass is 32.1. The molecule has 0 atom stereocenters. The normalized spacial score (nSPS) is 11.1. The Morgan fingerprint density at radius 2 is 2.25 bits per heavy atom. The summed E-state index contributed by atoms with van der Waals surface area (Å²) in [5.74, 6) is 0.582. The highest BCUT2D eigenvalue weighted by Crippen LogP contribution is 2.30. The molecule has 5 heteroatoms. The van der Waals surface area contributed by atoms with Crippen LogP contribution in [0, 0.1) is 6.92 Å². The Bertz CT molecular complexity index is 656. The highest BCUT2D eigenvalue weighted by Gasteiger charge is 2.11. The van der Waals surface area contributed by atoms with Crippen LogP contribution < -0.4 is 5.73 Å². The van der Waals surface area contributed by atoms with Gasteiger partial charge in [-0.1, -0.05) is 6.07 Å². The summed E-state index contributed by atoms with van der Waals surface area (Å²) < 4.78 is 5.63. The summed E-state index contributed by atoms with van der Waals surface area (Å²) in [6.07, 6.45) is 1.76. The molecule has 0 unspecified atom stereocenters. The maximum absolute atomic E-state index is 5.82. The van der Waals surface area contributed by atoms with Crippen molar-refractivity contribution < 1.29 is 4.42 Å². The molecule has 0 saturated heterocycles. The van der Waals surface area contributed by atoms with E-state index in [0.717, 1.165) is 9.88 Å². The first-order valence-electron chi connectivity index (χ1n) is 4.82. The molecule has 2 N–H and O–H groups in total. The van der Waals surface area contributed by atoms with Gasteiger partial charge in [-0.2, -0.15) is 0 Å². The molecule has 0 amide bonds. The first-order chi connectivity index (χ1) is 7.74. The summed E-state index contributed by atoms with van der Waals surface area (Å²) in [6.45, 7) is 1.95. The lowest BCUT2D eigenvalue weighted by molar-refractivity contribution is 0.621. The number of hydrogen-bond acceptors (Lipinski definition) is 5. The molecular formula is C11H9N3OS. The zero-order valence-corrected chi connectivity index (χ0v) is 9.41. The number of nitrogen functional groups attached to an aromatic ring is 1. The van der Waals surface area contributed by atoms with Gasteiger partial charge in [0.25, 0.3) is 0 Å². The standard InChI is InChI=1S/C11H9N3OS/c1-6-13-5-9(16-6)11-14-10-7(12)3-2-4-8(10)15-11/h2-5H,12H2,1H3. The second-order valence-electron chi connectivity index (χ2n) is 3.46. The van der Waals surface area contributed by atoms with E-state index in [2.05, 4.69) is 9.97 Å². The molecule has 3 rings (SSSR count). The molecule has 0 aliphatic heterocycles. The van der Waals surface area contributed by atoms with Crippen LogP contribution in [-0.2, 0) is 0 Å². The van der Waals surface area contributed by atoms with Crippen molar-refractivity contribution in [1.29, 1.82) is 0 Å². The minimum absolute atomic E-state index is 0.582. The summed E-state index contributed by atoms with van der Waals surface area (Å²) in [5.41, 5.74) is 7.87. The smallest absolute Gasteiger partial charge is 0.239 e. The van der Waals surface area contributed by atoms with Crippen LogP contribution >= 0.6 is 11.3 Å². The molecular weight excluding hydrogens is 222 g/mol. The van der Waals surface area contributed by atoms with Crippen LogP contribution in [0.15, 0.2) is 28.8 Å². The minimum Gasteiger partial charge on any atom is -0.435 e. The van der Waals surface area contributed by atoms with Gasteiger partial charge in [-0.15, -0.1) is 11.3 Å². The van der Waals surface area contributed by atoms with Gasteiger partial charge in [-0.05, 0) is 19.1 Å². The Hall–Kier alpha value is -1.88. The van der Waals surface area contributed by atoms with Crippen LogP contribution in [0.2, 0.25) is 0 Å². The quantitative estimate of drug-likeness (QED) is 0.654. The van der Waals surface area contributed by atoms with Crippen molar-refractivity contribution in [1.82, 2.24) is 9.97 Å². The number of aryl methyl sites for hydroxylation is 1. The van der Waals surface area contributed by atoms with Crippen molar-refractivity contribution in [3.05, 3.63) is 29.4 Å². The van der Waals surface area contributed by atoms with E-state index in [-0.39, 0.29) is 0 Å². The first-order valence-corrected chi connectivity index (χ1v) is 5.63. The fraction of sp³-hybridized carbons (Fsp3) is 0.0909. The van der Waals surface area contributed by atoms with Gasteiger partial charge in [0, 0.05) is 0 Å². The van der Waals surface area contributed by atoms with E-state index in [1.807, 2.05) is 25.1 Å².